The van der Waals surface area contributed by atoms with Crippen LogP contribution in [0.25, 0.3) is 0 Å². The van der Waals surface area contributed by atoms with Crippen molar-refractivity contribution >= 4 is 22.6 Å². The standard InChI is InChI=1S/C8H7NO5S/c10-8(5-15(13)14)6-1-3-7(4-2-6)9(11)12/h1-4H,5H2,(H,13,14). The van der Waals surface area contributed by atoms with Crippen LogP contribution in [-0.4, -0.2) is 25.2 Å². The van der Waals surface area contributed by atoms with Crippen LogP contribution in [0.2, 0.25) is 0 Å². The van der Waals surface area contributed by atoms with Crippen LogP contribution in [0.5, 0.6) is 0 Å². The van der Waals surface area contributed by atoms with Crippen molar-refractivity contribution in [3.05, 3.63) is 39.9 Å². The van der Waals surface area contributed by atoms with Gasteiger partial charge in [0.05, 0.1) is 4.92 Å². The average Bonchev–Trinajstić information content (AvgIpc) is 2.17. The van der Waals surface area contributed by atoms with E-state index < -0.39 is 27.5 Å². The van der Waals surface area contributed by atoms with E-state index >= 15 is 0 Å². The summed E-state index contributed by atoms with van der Waals surface area (Å²) in [5.41, 5.74) is 0.0553. The number of ketones is 1. The summed E-state index contributed by atoms with van der Waals surface area (Å²) in [7, 11) is 0. The van der Waals surface area contributed by atoms with Gasteiger partial charge in [-0.25, -0.2) is 4.21 Å². The maximum atomic E-state index is 11.2. The highest BCUT2D eigenvalue weighted by atomic mass is 32.2. The number of Topliss-reactive ketones (excluding diaryl/α,β-unsaturated/α-hetero) is 1. The molecule has 0 spiro atoms. The highest BCUT2D eigenvalue weighted by Crippen LogP contribution is 2.12. The topological polar surface area (TPSA) is 97.5 Å². The molecule has 0 aliphatic rings. The van der Waals surface area contributed by atoms with Gasteiger partial charge in [-0.15, -0.1) is 0 Å². The first-order valence-corrected chi connectivity index (χ1v) is 5.13. The minimum absolute atomic E-state index is 0.128. The molecule has 0 heterocycles. The summed E-state index contributed by atoms with van der Waals surface area (Å²) in [6.07, 6.45) is 0. The predicted molar refractivity (Wildman–Crippen MR) is 53.1 cm³/mol. The molecule has 1 aromatic carbocycles. The van der Waals surface area contributed by atoms with Gasteiger partial charge < -0.3 is 4.55 Å². The van der Waals surface area contributed by atoms with E-state index in [1.54, 1.807) is 0 Å². The molecule has 0 aromatic heterocycles. The van der Waals surface area contributed by atoms with Crippen LogP contribution in [0.15, 0.2) is 24.3 Å². The molecule has 1 rings (SSSR count). The van der Waals surface area contributed by atoms with E-state index in [1.807, 2.05) is 0 Å². The Balaban J connectivity index is 2.84. The molecule has 0 amide bonds. The molecule has 0 bridgehead atoms. The van der Waals surface area contributed by atoms with Crippen molar-refractivity contribution in [2.45, 2.75) is 0 Å². The van der Waals surface area contributed by atoms with Gasteiger partial charge in [-0.05, 0) is 12.1 Å². The summed E-state index contributed by atoms with van der Waals surface area (Å²) >= 11 is -2.19. The smallest absolute Gasteiger partial charge is 0.269 e. The van der Waals surface area contributed by atoms with E-state index in [-0.39, 0.29) is 11.3 Å². The Morgan fingerprint density at radius 1 is 1.40 bits per heavy atom. The molecule has 1 N–H and O–H groups in total. The molecule has 7 heteroatoms. The number of hydrogen-bond donors (Lipinski definition) is 1. The minimum Gasteiger partial charge on any atom is -0.306 e. The Labute approximate surface area is 87.4 Å². The Bertz CT molecular complexity index is 414. The van der Waals surface area contributed by atoms with E-state index in [4.69, 9.17) is 4.55 Å². The Kier molecular flexibility index (Phi) is 3.64. The summed E-state index contributed by atoms with van der Waals surface area (Å²) in [5, 5.41) is 10.3. The number of rotatable bonds is 4. The number of nitro benzene ring substituents is 1. The molecule has 1 atom stereocenters. The lowest BCUT2D eigenvalue weighted by atomic mass is 10.1. The van der Waals surface area contributed by atoms with E-state index in [9.17, 15) is 19.1 Å². The van der Waals surface area contributed by atoms with Crippen molar-refractivity contribution in [2.24, 2.45) is 0 Å². The number of benzene rings is 1. The zero-order valence-corrected chi connectivity index (χ0v) is 8.27. The number of nitrogens with zero attached hydrogens (tertiary/aromatic N) is 1. The summed E-state index contributed by atoms with van der Waals surface area (Å²) in [5.74, 6) is -1.02. The van der Waals surface area contributed by atoms with Crippen LogP contribution in [0.1, 0.15) is 10.4 Å². The van der Waals surface area contributed by atoms with E-state index in [1.165, 1.54) is 24.3 Å². The summed E-state index contributed by atoms with van der Waals surface area (Å²) in [6, 6.07) is 4.86. The highest BCUT2D eigenvalue weighted by Gasteiger charge is 2.11. The maximum absolute atomic E-state index is 11.2. The molecule has 0 aliphatic carbocycles. The monoisotopic (exact) mass is 229 g/mol. The SMILES string of the molecule is O=C(CS(=O)O)c1ccc([N+](=O)[O-])cc1. The van der Waals surface area contributed by atoms with Crippen LogP contribution < -0.4 is 0 Å². The first-order chi connectivity index (χ1) is 7.00. The van der Waals surface area contributed by atoms with Crippen molar-refractivity contribution in [3.8, 4) is 0 Å². The molecule has 15 heavy (non-hydrogen) atoms. The van der Waals surface area contributed by atoms with Gasteiger partial charge in [0.25, 0.3) is 5.69 Å². The third-order valence-corrected chi connectivity index (χ3v) is 2.16. The van der Waals surface area contributed by atoms with Crippen LogP contribution in [0.3, 0.4) is 0 Å². The fourth-order valence-electron chi connectivity index (χ4n) is 0.965. The lowest BCUT2D eigenvalue weighted by Crippen LogP contribution is -2.09. The molecular formula is C8H7NO5S. The van der Waals surface area contributed by atoms with Crippen molar-refractivity contribution in [2.75, 3.05) is 5.75 Å². The molecular weight excluding hydrogens is 222 g/mol. The molecule has 1 aromatic rings. The summed E-state index contributed by atoms with van der Waals surface area (Å²) in [4.78, 5) is 20.9. The van der Waals surface area contributed by atoms with Crippen LogP contribution in [-0.2, 0) is 11.1 Å². The zero-order valence-electron chi connectivity index (χ0n) is 7.45. The molecule has 6 nitrogen and oxygen atoms in total. The van der Waals surface area contributed by atoms with E-state index in [0.29, 0.717) is 0 Å². The Hall–Kier alpha value is -1.60. The number of nitro groups is 1. The van der Waals surface area contributed by atoms with Crippen LogP contribution in [0, 0.1) is 10.1 Å². The van der Waals surface area contributed by atoms with Gasteiger partial charge >= 0.3 is 0 Å². The third-order valence-electron chi connectivity index (χ3n) is 1.65. The van der Waals surface area contributed by atoms with Gasteiger partial charge in [0, 0.05) is 17.7 Å². The largest absolute Gasteiger partial charge is 0.306 e. The average molecular weight is 229 g/mol. The maximum Gasteiger partial charge on any atom is 0.269 e. The third kappa shape index (κ3) is 3.22. The second-order valence-corrected chi connectivity index (χ2v) is 3.62. The summed E-state index contributed by atoms with van der Waals surface area (Å²) < 4.78 is 18.8. The second-order valence-electron chi connectivity index (χ2n) is 2.69. The van der Waals surface area contributed by atoms with Crippen LogP contribution in [0.4, 0.5) is 5.69 Å². The fourth-order valence-corrected chi connectivity index (χ4v) is 1.36. The van der Waals surface area contributed by atoms with E-state index in [0.717, 1.165) is 0 Å². The second kappa shape index (κ2) is 4.76. The van der Waals surface area contributed by atoms with Gasteiger partial charge in [0.2, 0.25) is 0 Å². The summed E-state index contributed by atoms with van der Waals surface area (Å²) in [6.45, 7) is 0. The molecule has 0 aliphatic heterocycles. The van der Waals surface area contributed by atoms with Crippen molar-refractivity contribution in [1.29, 1.82) is 0 Å². The molecule has 1 unspecified atom stereocenters. The molecule has 0 fully saturated rings. The van der Waals surface area contributed by atoms with Gasteiger partial charge in [-0.2, -0.15) is 0 Å². The normalized spacial score (nSPS) is 12.1. The predicted octanol–water partition coefficient (Wildman–Crippen LogP) is 0.999. The number of non-ortho nitro benzene ring substituents is 1. The Morgan fingerprint density at radius 3 is 2.33 bits per heavy atom. The highest BCUT2D eigenvalue weighted by molar-refractivity contribution is 7.80. The van der Waals surface area contributed by atoms with Gasteiger partial charge in [-0.3, -0.25) is 14.9 Å². The minimum atomic E-state index is -2.19. The molecule has 0 saturated carbocycles. The van der Waals surface area contributed by atoms with Gasteiger partial charge in [0.1, 0.15) is 5.75 Å². The lowest BCUT2D eigenvalue weighted by molar-refractivity contribution is -0.384. The lowest BCUT2D eigenvalue weighted by Gasteiger charge is -1.97. The first kappa shape index (κ1) is 11.5. The zero-order chi connectivity index (χ0) is 11.4. The quantitative estimate of drug-likeness (QED) is 0.359. The van der Waals surface area contributed by atoms with Crippen molar-refractivity contribution < 1.29 is 18.5 Å². The number of hydrogen-bond acceptors (Lipinski definition) is 4. The van der Waals surface area contributed by atoms with Crippen molar-refractivity contribution in [1.82, 2.24) is 0 Å². The number of carbonyl (C=O) groups is 1. The fraction of sp³-hybridized carbons (Fsp3) is 0.125. The molecule has 0 radical (unpaired) electrons. The van der Waals surface area contributed by atoms with Gasteiger partial charge in [0.15, 0.2) is 16.9 Å². The van der Waals surface area contributed by atoms with Gasteiger partial charge in [-0.1, -0.05) is 0 Å². The van der Waals surface area contributed by atoms with Crippen molar-refractivity contribution in [3.63, 3.8) is 0 Å². The van der Waals surface area contributed by atoms with Crippen LogP contribution >= 0.6 is 0 Å². The first-order valence-electron chi connectivity index (χ1n) is 3.86. The van der Waals surface area contributed by atoms with E-state index in [2.05, 4.69) is 0 Å². The molecule has 80 valence electrons. The molecule has 0 saturated heterocycles. The Morgan fingerprint density at radius 2 is 1.93 bits per heavy atom. The number of carbonyl (C=O) groups excluding carboxylic acids is 1.